The third-order valence-electron chi connectivity index (χ3n) is 2.47. The van der Waals surface area contributed by atoms with Gasteiger partial charge in [-0.2, -0.15) is 0 Å². The van der Waals surface area contributed by atoms with Gasteiger partial charge in [-0.1, -0.05) is 42.5 Å². The van der Waals surface area contributed by atoms with E-state index in [2.05, 4.69) is 29.6 Å². The minimum absolute atomic E-state index is 0.315. The van der Waals surface area contributed by atoms with Crippen molar-refractivity contribution in [3.8, 4) is 0 Å². The Hall–Kier alpha value is -1.41. The lowest BCUT2D eigenvalue weighted by atomic mass is 10.0. The van der Waals surface area contributed by atoms with Gasteiger partial charge in [0.05, 0.1) is 0 Å². The number of nitrogens with one attached hydrogen (secondary N) is 1. The van der Waals surface area contributed by atoms with Gasteiger partial charge in [-0.25, -0.2) is 4.39 Å². The molecule has 0 aliphatic heterocycles. The predicted molar refractivity (Wildman–Crippen MR) is 61.6 cm³/mol. The number of alkyl halides is 1. The van der Waals surface area contributed by atoms with Crippen LogP contribution in [0.1, 0.15) is 5.56 Å². The van der Waals surface area contributed by atoms with Crippen LogP contribution in [0.2, 0.25) is 0 Å². The van der Waals surface area contributed by atoms with Crippen LogP contribution < -0.4 is 5.32 Å². The van der Waals surface area contributed by atoms with Crippen molar-refractivity contribution < 1.29 is 4.39 Å². The molecule has 1 N–H and O–H groups in total. The highest BCUT2D eigenvalue weighted by Crippen LogP contribution is 2.17. The Morgan fingerprint density at radius 2 is 1.80 bits per heavy atom. The van der Waals surface area contributed by atoms with Crippen molar-refractivity contribution in [3.05, 3.63) is 48.0 Å². The molecule has 2 aromatic carbocycles. The molecule has 0 aliphatic carbocycles. The van der Waals surface area contributed by atoms with E-state index in [9.17, 15) is 4.39 Å². The van der Waals surface area contributed by atoms with Crippen LogP contribution in [-0.4, -0.2) is 13.2 Å². The molecule has 0 fully saturated rings. The molecule has 0 amide bonds. The molecular formula is C13H14FN. The zero-order valence-corrected chi connectivity index (χ0v) is 8.54. The van der Waals surface area contributed by atoms with Crippen molar-refractivity contribution in [2.24, 2.45) is 0 Å². The van der Waals surface area contributed by atoms with Crippen LogP contribution in [0.4, 0.5) is 4.39 Å². The number of hydrogen-bond donors (Lipinski definition) is 1. The predicted octanol–water partition coefficient (Wildman–Crippen LogP) is 2.90. The van der Waals surface area contributed by atoms with Crippen LogP contribution >= 0.6 is 0 Å². The first-order valence-electron chi connectivity index (χ1n) is 5.15. The lowest BCUT2D eigenvalue weighted by Gasteiger charge is -2.06. The van der Waals surface area contributed by atoms with Gasteiger partial charge in [-0.15, -0.1) is 0 Å². The molecule has 0 unspecified atom stereocenters. The fourth-order valence-electron chi connectivity index (χ4n) is 1.74. The van der Waals surface area contributed by atoms with Gasteiger partial charge in [0, 0.05) is 13.1 Å². The average molecular weight is 203 g/mol. The lowest BCUT2D eigenvalue weighted by molar-refractivity contribution is 0.467. The highest BCUT2D eigenvalue weighted by molar-refractivity contribution is 5.85. The standard InChI is InChI=1S/C13H14FN/c14-8-9-15-10-12-6-3-5-11-4-1-2-7-13(11)12/h1-7,15H,8-10H2. The van der Waals surface area contributed by atoms with Gasteiger partial charge in [0.25, 0.3) is 0 Å². The van der Waals surface area contributed by atoms with Gasteiger partial charge in [0.2, 0.25) is 0 Å². The maximum absolute atomic E-state index is 11.9. The summed E-state index contributed by atoms with van der Waals surface area (Å²) in [6.45, 7) is 0.833. The Kier molecular flexibility index (Phi) is 3.30. The minimum Gasteiger partial charge on any atom is -0.310 e. The molecule has 0 aromatic heterocycles. The Bertz CT molecular complexity index is 434. The molecule has 2 heteroatoms. The van der Waals surface area contributed by atoms with Crippen molar-refractivity contribution in [2.45, 2.75) is 6.54 Å². The van der Waals surface area contributed by atoms with E-state index in [0.29, 0.717) is 6.54 Å². The van der Waals surface area contributed by atoms with Crippen molar-refractivity contribution in [2.75, 3.05) is 13.2 Å². The molecule has 0 saturated heterocycles. The molecule has 1 nitrogen and oxygen atoms in total. The molecule has 2 aromatic rings. The molecule has 0 atom stereocenters. The molecular weight excluding hydrogens is 189 g/mol. The van der Waals surface area contributed by atoms with Crippen LogP contribution in [0.25, 0.3) is 10.8 Å². The van der Waals surface area contributed by atoms with Crippen molar-refractivity contribution in [1.29, 1.82) is 0 Å². The van der Waals surface area contributed by atoms with Gasteiger partial charge in [-0.05, 0) is 16.3 Å². The normalized spacial score (nSPS) is 10.7. The van der Waals surface area contributed by atoms with Crippen molar-refractivity contribution >= 4 is 10.8 Å². The van der Waals surface area contributed by atoms with E-state index in [0.717, 1.165) is 6.54 Å². The molecule has 0 aliphatic rings. The minimum atomic E-state index is -0.315. The highest BCUT2D eigenvalue weighted by atomic mass is 19.1. The first-order chi connectivity index (χ1) is 7.42. The van der Waals surface area contributed by atoms with Crippen molar-refractivity contribution in [3.63, 3.8) is 0 Å². The second kappa shape index (κ2) is 4.89. The van der Waals surface area contributed by atoms with Gasteiger partial charge in [0.15, 0.2) is 0 Å². The van der Waals surface area contributed by atoms with Gasteiger partial charge >= 0.3 is 0 Å². The van der Waals surface area contributed by atoms with Crippen LogP contribution in [0, 0.1) is 0 Å². The highest BCUT2D eigenvalue weighted by Gasteiger charge is 1.98. The Morgan fingerprint density at radius 3 is 2.67 bits per heavy atom. The van der Waals surface area contributed by atoms with Crippen LogP contribution in [0.15, 0.2) is 42.5 Å². The summed E-state index contributed by atoms with van der Waals surface area (Å²) in [5.74, 6) is 0. The third kappa shape index (κ3) is 2.34. The summed E-state index contributed by atoms with van der Waals surface area (Å²) in [6.07, 6.45) is 0. The number of rotatable bonds is 4. The Balaban J connectivity index is 2.26. The van der Waals surface area contributed by atoms with E-state index in [1.165, 1.54) is 16.3 Å². The molecule has 15 heavy (non-hydrogen) atoms. The summed E-state index contributed by atoms with van der Waals surface area (Å²) >= 11 is 0. The van der Waals surface area contributed by atoms with Crippen LogP contribution in [0.3, 0.4) is 0 Å². The molecule has 0 saturated carbocycles. The number of hydrogen-bond acceptors (Lipinski definition) is 1. The quantitative estimate of drug-likeness (QED) is 0.753. The number of benzene rings is 2. The van der Waals surface area contributed by atoms with Gasteiger partial charge < -0.3 is 5.32 Å². The van der Waals surface area contributed by atoms with Gasteiger partial charge in [-0.3, -0.25) is 0 Å². The fourth-order valence-corrected chi connectivity index (χ4v) is 1.74. The maximum atomic E-state index is 11.9. The topological polar surface area (TPSA) is 12.0 Å². The fraction of sp³-hybridized carbons (Fsp3) is 0.231. The molecule has 0 heterocycles. The monoisotopic (exact) mass is 203 g/mol. The van der Waals surface area contributed by atoms with E-state index < -0.39 is 0 Å². The smallest absolute Gasteiger partial charge is 0.102 e. The Morgan fingerprint density at radius 1 is 1.00 bits per heavy atom. The first kappa shape index (κ1) is 10.1. The van der Waals surface area contributed by atoms with Crippen LogP contribution in [0.5, 0.6) is 0 Å². The van der Waals surface area contributed by atoms with E-state index in [1.54, 1.807) is 0 Å². The molecule has 78 valence electrons. The first-order valence-corrected chi connectivity index (χ1v) is 5.15. The lowest BCUT2D eigenvalue weighted by Crippen LogP contribution is -2.16. The summed E-state index contributed by atoms with van der Waals surface area (Å²) in [5, 5.41) is 5.54. The molecule has 0 radical (unpaired) electrons. The second-order valence-electron chi connectivity index (χ2n) is 3.50. The summed E-state index contributed by atoms with van der Waals surface area (Å²) in [7, 11) is 0. The number of halogens is 1. The van der Waals surface area contributed by atoms with Gasteiger partial charge in [0.1, 0.15) is 6.67 Å². The molecule has 0 bridgehead atoms. The summed E-state index contributed by atoms with van der Waals surface area (Å²) in [6, 6.07) is 14.5. The zero-order valence-electron chi connectivity index (χ0n) is 8.54. The van der Waals surface area contributed by atoms with E-state index in [1.807, 2.05) is 18.2 Å². The molecule has 2 rings (SSSR count). The van der Waals surface area contributed by atoms with E-state index in [4.69, 9.17) is 0 Å². The van der Waals surface area contributed by atoms with Crippen LogP contribution in [-0.2, 0) is 6.54 Å². The Labute approximate surface area is 88.9 Å². The maximum Gasteiger partial charge on any atom is 0.102 e. The summed E-state index contributed by atoms with van der Waals surface area (Å²) < 4.78 is 11.9. The average Bonchev–Trinajstić information content (AvgIpc) is 2.30. The van der Waals surface area contributed by atoms with E-state index >= 15 is 0 Å². The largest absolute Gasteiger partial charge is 0.310 e. The molecule has 0 spiro atoms. The third-order valence-corrected chi connectivity index (χ3v) is 2.47. The SMILES string of the molecule is FCCNCc1cccc2ccccc12. The zero-order chi connectivity index (χ0) is 10.5. The number of fused-ring (bicyclic) bond motifs is 1. The summed E-state index contributed by atoms with van der Waals surface area (Å²) in [4.78, 5) is 0. The second-order valence-corrected chi connectivity index (χ2v) is 3.50. The summed E-state index contributed by atoms with van der Waals surface area (Å²) in [5.41, 5.74) is 1.22. The van der Waals surface area contributed by atoms with E-state index in [-0.39, 0.29) is 6.67 Å². The van der Waals surface area contributed by atoms with Crippen molar-refractivity contribution in [1.82, 2.24) is 5.32 Å².